The molecule has 124 valence electrons. The number of carbonyl (C=O) groups excluding carboxylic acids is 2. The van der Waals surface area contributed by atoms with Gasteiger partial charge in [0.2, 0.25) is 5.91 Å². The van der Waals surface area contributed by atoms with Crippen molar-refractivity contribution in [2.75, 3.05) is 12.4 Å². The maximum Gasteiger partial charge on any atom is 0.308 e. The van der Waals surface area contributed by atoms with Crippen LogP contribution in [0.2, 0.25) is 0 Å². The van der Waals surface area contributed by atoms with Crippen LogP contribution in [0, 0.1) is 11.8 Å². The third-order valence-corrected chi connectivity index (χ3v) is 4.32. The molecule has 0 aliphatic heterocycles. The minimum absolute atomic E-state index is 0.0544. The van der Waals surface area contributed by atoms with Crippen LogP contribution in [0.25, 0.3) is 0 Å². The number of hydrogen-bond donors (Lipinski definition) is 1. The predicted octanol–water partition coefficient (Wildman–Crippen LogP) is 3.25. The zero-order chi connectivity index (χ0) is 16.4. The van der Waals surface area contributed by atoms with Crippen LogP contribution in [0.3, 0.4) is 0 Å². The van der Waals surface area contributed by atoms with Crippen LogP contribution in [0.4, 0.5) is 0 Å². The molecule has 21 heavy (non-hydrogen) atoms. The van der Waals surface area contributed by atoms with Gasteiger partial charge < -0.3 is 10.1 Å². The standard InChI is InChI=1S/C16H31NO3S/c1-7-14(15(18)17-12(4)5)21-9-8-20-16(19)13(6)10-11(2)3/h11-14H,7-10H2,1-6H3,(H,17,18). The van der Waals surface area contributed by atoms with E-state index >= 15 is 0 Å². The van der Waals surface area contributed by atoms with Crippen LogP contribution in [0.15, 0.2) is 0 Å². The summed E-state index contributed by atoms with van der Waals surface area (Å²) in [7, 11) is 0. The molecule has 5 heteroatoms. The highest BCUT2D eigenvalue weighted by Gasteiger charge is 2.19. The van der Waals surface area contributed by atoms with E-state index < -0.39 is 0 Å². The number of esters is 1. The number of rotatable bonds is 10. The second kappa shape index (κ2) is 10.9. The molecule has 0 radical (unpaired) electrons. The number of nitrogens with one attached hydrogen (secondary N) is 1. The highest BCUT2D eigenvalue weighted by atomic mass is 32.2. The lowest BCUT2D eigenvalue weighted by atomic mass is 9.99. The molecular weight excluding hydrogens is 286 g/mol. The first kappa shape index (κ1) is 20.3. The second-order valence-corrected chi connectivity index (χ2v) is 7.44. The van der Waals surface area contributed by atoms with E-state index in [2.05, 4.69) is 19.2 Å². The Hall–Kier alpha value is -0.710. The lowest BCUT2D eigenvalue weighted by Crippen LogP contribution is -2.37. The summed E-state index contributed by atoms with van der Waals surface area (Å²) in [5, 5.41) is 2.85. The first-order chi connectivity index (χ1) is 9.77. The summed E-state index contributed by atoms with van der Waals surface area (Å²) in [5.74, 6) is 1.03. The fourth-order valence-corrected chi connectivity index (χ4v) is 2.95. The van der Waals surface area contributed by atoms with Crippen molar-refractivity contribution in [3.8, 4) is 0 Å². The maximum atomic E-state index is 11.9. The Labute approximate surface area is 133 Å². The predicted molar refractivity (Wildman–Crippen MR) is 89.4 cm³/mol. The highest BCUT2D eigenvalue weighted by molar-refractivity contribution is 8.00. The lowest BCUT2D eigenvalue weighted by Gasteiger charge is -2.17. The molecule has 0 aromatic carbocycles. The normalized spacial score (nSPS) is 14.1. The zero-order valence-corrected chi connectivity index (χ0v) is 15.1. The average Bonchev–Trinajstić information content (AvgIpc) is 2.36. The molecule has 0 aromatic heterocycles. The topological polar surface area (TPSA) is 55.4 Å². The van der Waals surface area contributed by atoms with Crippen LogP contribution in [-0.4, -0.2) is 35.5 Å². The molecule has 0 heterocycles. The summed E-state index contributed by atoms with van der Waals surface area (Å²) >= 11 is 1.55. The highest BCUT2D eigenvalue weighted by Crippen LogP contribution is 2.16. The van der Waals surface area contributed by atoms with E-state index in [4.69, 9.17) is 4.74 Å². The molecule has 0 aliphatic rings. The molecule has 0 saturated carbocycles. The number of amides is 1. The van der Waals surface area contributed by atoms with Crippen LogP contribution in [0.5, 0.6) is 0 Å². The van der Waals surface area contributed by atoms with Crippen molar-refractivity contribution in [1.82, 2.24) is 5.32 Å². The molecule has 0 aliphatic carbocycles. The molecule has 2 unspecified atom stereocenters. The lowest BCUT2D eigenvalue weighted by molar-refractivity contribution is -0.147. The molecule has 0 spiro atoms. The second-order valence-electron chi connectivity index (χ2n) is 6.13. The molecule has 0 aromatic rings. The van der Waals surface area contributed by atoms with Gasteiger partial charge in [-0.2, -0.15) is 0 Å². The van der Waals surface area contributed by atoms with Gasteiger partial charge >= 0.3 is 5.97 Å². The van der Waals surface area contributed by atoms with Crippen molar-refractivity contribution in [2.45, 2.75) is 65.7 Å². The monoisotopic (exact) mass is 317 g/mol. The third kappa shape index (κ3) is 9.77. The SMILES string of the molecule is CCC(SCCOC(=O)C(C)CC(C)C)C(=O)NC(C)C. The fourth-order valence-electron chi connectivity index (χ4n) is 2.03. The van der Waals surface area contributed by atoms with Crippen LogP contribution in [-0.2, 0) is 14.3 Å². The maximum absolute atomic E-state index is 11.9. The smallest absolute Gasteiger partial charge is 0.308 e. The first-order valence-corrected chi connectivity index (χ1v) is 8.91. The Kier molecular flexibility index (Phi) is 10.6. The molecular formula is C16H31NO3S. The summed E-state index contributed by atoms with van der Waals surface area (Å²) in [4.78, 5) is 23.7. The van der Waals surface area contributed by atoms with Gasteiger partial charge in [0.15, 0.2) is 0 Å². The largest absolute Gasteiger partial charge is 0.465 e. The number of hydrogen-bond acceptors (Lipinski definition) is 4. The molecule has 1 N–H and O–H groups in total. The van der Waals surface area contributed by atoms with Crippen molar-refractivity contribution in [3.05, 3.63) is 0 Å². The Morgan fingerprint density at radius 2 is 1.76 bits per heavy atom. The van der Waals surface area contributed by atoms with Crippen LogP contribution < -0.4 is 5.32 Å². The van der Waals surface area contributed by atoms with Gasteiger partial charge in [0.05, 0.1) is 11.2 Å². The van der Waals surface area contributed by atoms with Crippen LogP contribution in [0.1, 0.15) is 54.4 Å². The van der Waals surface area contributed by atoms with E-state index in [9.17, 15) is 9.59 Å². The van der Waals surface area contributed by atoms with Gasteiger partial charge in [-0.15, -0.1) is 11.8 Å². The van der Waals surface area contributed by atoms with Gasteiger partial charge in [-0.1, -0.05) is 27.7 Å². The zero-order valence-electron chi connectivity index (χ0n) is 14.3. The third-order valence-electron chi connectivity index (χ3n) is 2.97. The van der Waals surface area contributed by atoms with Gasteiger partial charge in [0.1, 0.15) is 6.61 Å². The average molecular weight is 317 g/mol. The summed E-state index contributed by atoms with van der Waals surface area (Å²) in [6, 6.07) is 0.155. The number of thioether (sulfide) groups is 1. The summed E-state index contributed by atoms with van der Waals surface area (Å²) < 4.78 is 5.27. The van der Waals surface area contributed by atoms with Gasteiger partial charge in [-0.25, -0.2) is 0 Å². The van der Waals surface area contributed by atoms with E-state index in [1.54, 1.807) is 11.8 Å². The summed E-state index contributed by atoms with van der Waals surface area (Å²) in [6.45, 7) is 12.4. The molecule has 1 amide bonds. The molecule has 0 bridgehead atoms. The van der Waals surface area contributed by atoms with Crippen molar-refractivity contribution in [1.29, 1.82) is 0 Å². The van der Waals surface area contributed by atoms with Crippen molar-refractivity contribution in [2.24, 2.45) is 11.8 Å². The van der Waals surface area contributed by atoms with Gasteiger partial charge in [0.25, 0.3) is 0 Å². The fraction of sp³-hybridized carbons (Fsp3) is 0.875. The van der Waals surface area contributed by atoms with E-state index in [1.165, 1.54) is 0 Å². The van der Waals surface area contributed by atoms with Gasteiger partial charge in [-0.3, -0.25) is 9.59 Å². The quantitative estimate of drug-likeness (QED) is 0.496. The van der Waals surface area contributed by atoms with Crippen molar-refractivity contribution in [3.63, 3.8) is 0 Å². The van der Waals surface area contributed by atoms with Gasteiger partial charge in [0, 0.05) is 11.8 Å². The Morgan fingerprint density at radius 3 is 2.24 bits per heavy atom. The molecule has 0 fully saturated rings. The number of carbonyl (C=O) groups is 2. The minimum Gasteiger partial charge on any atom is -0.465 e. The van der Waals surface area contributed by atoms with Crippen molar-refractivity contribution < 1.29 is 14.3 Å². The Morgan fingerprint density at radius 1 is 1.14 bits per heavy atom. The Bertz CT molecular complexity index is 319. The van der Waals surface area contributed by atoms with Gasteiger partial charge in [-0.05, 0) is 32.6 Å². The van der Waals surface area contributed by atoms with E-state index in [0.29, 0.717) is 18.3 Å². The van der Waals surface area contributed by atoms with Crippen LogP contribution >= 0.6 is 11.8 Å². The van der Waals surface area contributed by atoms with Crippen molar-refractivity contribution >= 4 is 23.6 Å². The minimum atomic E-state index is -0.135. The molecule has 0 saturated heterocycles. The first-order valence-electron chi connectivity index (χ1n) is 7.86. The molecule has 2 atom stereocenters. The molecule has 0 rings (SSSR count). The summed E-state index contributed by atoms with van der Waals surface area (Å²) in [5.41, 5.74) is 0. The van der Waals surface area contributed by atoms with E-state index in [-0.39, 0.29) is 29.1 Å². The summed E-state index contributed by atoms with van der Waals surface area (Å²) in [6.07, 6.45) is 1.63. The number of ether oxygens (including phenoxy) is 1. The molecule has 4 nitrogen and oxygen atoms in total. The Balaban J connectivity index is 3.96. The van der Waals surface area contributed by atoms with E-state index in [0.717, 1.165) is 12.8 Å². The van der Waals surface area contributed by atoms with E-state index in [1.807, 2.05) is 27.7 Å².